The molecule has 0 spiro atoms. The summed E-state index contributed by atoms with van der Waals surface area (Å²) in [6.45, 7) is 6.39. The molecule has 180 valence electrons. The third-order valence-electron chi connectivity index (χ3n) is 5.78. The fourth-order valence-corrected chi connectivity index (χ4v) is 3.97. The lowest BCUT2D eigenvalue weighted by Gasteiger charge is -2.32. The molecule has 7 heteroatoms. The summed E-state index contributed by atoms with van der Waals surface area (Å²) in [5.41, 5.74) is 4.46. The Kier molecular flexibility index (Phi) is 11.7. The highest BCUT2D eigenvalue weighted by molar-refractivity contribution is 14.0. The van der Waals surface area contributed by atoms with Crippen LogP contribution in [0, 0.1) is 12.8 Å². The van der Waals surface area contributed by atoms with E-state index in [1.54, 1.807) is 7.05 Å². The third-order valence-corrected chi connectivity index (χ3v) is 5.78. The number of aliphatic imine (C=N–C) groups is 1. The van der Waals surface area contributed by atoms with Crippen LogP contribution in [0.4, 0.5) is 5.69 Å². The van der Waals surface area contributed by atoms with E-state index in [9.17, 15) is 4.79 Å². The number of anilines is 1. The number of nitrogens with one attached hydrogen (secondary N) is 3. The van der Waals surface area contributed by atoms with Gasteiger partial charge in [-0.25, -0.2) is 0 Å². The van der Waals surface area contributed by atoms with Gasteiger partial charge in [-0.3, -0.25) is 9.79 Å². The van der Waals surface area contributed by atoms with Crippen LogP contribution in [0.3, 0.4) is 0 Å². The number of carbonyl (C=O) groups is 1. The molecule has 1 fully saturated rings. The Bertz CT molecular complexity index is 884. The number of nitrogens with zero attached hydrogens (tertiary/aromatic N) is 1. The third kappa shape index (κ3) is 8.62. The SMILES string of the molecule is CCCC(=O)Nc1ccc(CNC(=NC)NCC2CCCOC2c2ccc(C)cc2)cc1.I. The zero-order valence-corrected chi connectivity index (χ0v) is 22.2. The molecule has 0 saturated carbocycles. The fourth-order valence-electron chi connectivity index (χ4n) is 3.97. The van der Waals surface area contributed by atoms with Crippen LogP contribution in [0.15, 0.2) is 53.5 Å². The molecular weight excluding hydrogens is 527 g/mol. The van der Waals surface area contributed by atoms with Crippen molar-refractivity contribution in [2.24, 2.45) is 10.9 Å². The highest BCUT2D eigenvalue weighted by atomic mass is 127. The van der Waals surface area contributed by atoms with Gasteiger partial charge < -0.3 is 20.7 Å². The van der Waals surface area contributed by atoms with Crippen molar-refractivity contribution in [2.45, 2.75) is 52.2 Å². The molecule has 1 heterocycles. The summed E-state index contributed by atoms with van der Waals surface area (Å²) in [5, 5.41) is 9.77. The Hall–Kier alpha value is -2.13. The first-order chi connectivity index (χ1) is 15.6. The zero-order valence-electron chi connectivity index (χ0n) is 19.9. The summed E-state index contributed by atoms with van der Waals surface area (Å²) in [6.07, 6.45) is 3.72. The van der Waals surface area contributed by atoms with Crippen molar-refractivity contribution >= 4 is 41.5 Å². The number of ether oxygens (including phenoxy) is 1. The van der Waals surface area contributed by atoms with Gasteiger partial charge in [-0.05, 0) is 49.4 Å². The van der Waals surface area contributed by atoms with Crippen LogP contribution in [0.2, 0.25) is 0 Å². The standard InChI is InChI=1S/C26H36N4O2.HI/c1-4-6-24(31)30-23-14-10-20(11-15-23)17-28-26(27-3)29-18-22-7-5-16-32-25(22)21-12-8-19(2)9-13-21;/h8-15,22,25H,4-7,16-18H2,1-3H3,(H,30,31)(H2,27,28,29);1H. The van der Waals surface area contributed by atoms with Crippen LogP contribution in [0.5, 0.6) is 0 Å². The Labute approximate surface area is 215 Å². The first-order valence-electron chi connectivity index (χ1n) is 11.6. The van der Waals surface area contributed by atoms with E-state index < -0.39 is 0 Å². The lowest BCUT2D eigenvalue weighted by molar-refractivity contribution is -0.116. The Morgan fingerprint density at radius 2 is 1.82 bits per heavy atom. The Morgan fingerprint density at radius 3 is 2.48 bits per heavy atom. The minimum Gasteiger partial charge on any atom is -0.373 e. The summed E-state index contributed by atoms with van der Waals surface area (Å²) < 4.78 is 6.14. The van der Waals surface area contributed by atoms with Gasteiger partial charge in [0.1, 0.15) is 0 Å². The quantitative estimate of drug-likeness (QED) is 0.235. The predicted octanol–water partition coefficient (Wildman–Crippen LogP) is 5.18. The van der Waals surface area contributed by atoms with Gasteiger partial charge in [-0.15, -0.1) is 24.0 Å². The number of hydrogen-bond donors (Lipinski definition) is 3. The van der Waals surface area contributed by atoms with E-state index in [0.717, 1.165) is 49.6 Å². The van der Waals surface area contributed by atoms with Crippen molar-refractivity contribution in [3.05, 3.63) is 65.2 Å². The molecule has 0 aliphatic carbocycles. The molecule has 2 aromatic rings. The van der Waals surface area contributed by atoms with Crippen molar-refractivity contribution < 1.29 is 9.53 Å². The molecular formula is C26H37IN4O2. The minimum absolute atomic E-state index is 0. The van der Waals surface area contributed by atoms with Crippen LogP contribution < -0.4 is 16.0 Å². The Balaban J connectivity index is 0.00000385. The van der Waals surface area contributed by atoms with Crippen molar-refractivity contribution in [2.75, 3.05) is 25.5 Å². The van der Waals surface area contributed by atoms with Crippen LogP contribution in [-0.2, 0) is 16.1 Å². The zero-order chi connectivity index (χ0) is 22.8. The van der Waals surface area contributed by atoms with E-state index in [-0.39, 0.29) is 36.0 Å². The van der Waals surface area contributed by atoms with Gasteiger partial charge in [0.25, 0.3) is 0 Å². The fraction of sp³-hybridized carbons (Fsp3) is 0.462. The summed E-state index contributed by atoms with van der Waals surface area (Å²) in [4.78, 5) is 16.1. The van der Waals surface area contributed by atoms with Gasteiger partial charge in [0, 0.05) is 44.8 Å². The molecule has 0 bridgehead atoms. The number of benzene rings is 2. The number of carbonyl (C=O) groups excluding carboxylic acids is 1. The van der Waals surface area contributed by atoms with Gasteiger partial charge in [0.05, 0.1) is 6.10 Å². The summed E-state index contributed by atoms with van der Waals surface area (Å²) >= 11 is 0. The van der Waals surface area contributed by atoms with Gasteiger partial charge in [-0.2, -0.15) is 0 Å². The molecule has 2 unspecified atom stereocenters. The average Bonchev–Trinajstić information content (AvgIpc) is 2.81. The van der Waals surface area contributed by atoms with Gasteiger partial charge in [0.15, 0.2) is 5.96 Å². The summed E-state index contributed by atoms with van der Waals surface area (Å²) in [7, 11) is 1.79. The molecule has 1 amide bonds. The number of halogens is 1. The van der Waals surface area contributed by atoms with Gasteiger partial charge in [-0.1, -0.05) is 48.9 Å². The molecule has 2 atom stereocenters. The summed E-state index contributed by atoms with van der Waals surface area (Å²) in [6, 6.07) is 16.6. The Morgan fingerprint density at radius 1 is 1.09 bits per heavy atom. The van der Waals surface area contributed by atoms with E-state index in [2.05, 4.69) is 52.1 Å². The second-order valence-electron chi connectivity index (χ2n) is 8.41. The van der Waals surface area contributed by atoms with Crippen molar-refractivity contribution in [3.63, 3.8) is 0 Å². The molecule has 33 heavy (non-hydrogen) atoms. The maximum absolute atomic E-state index is 11.7. The van der Waals surface area contributed by atoms with Crippen LogP contribution in [0.1, 0.15) is 55.4 Å². The van der Waals surface area contributed by atoms with E-state index in [0.29, 0.717) is 18.9 Å². The molecule has 1 aliphatic rings. The molecule has 1 saturated heterocycles. The first-order valence-corrected chi connectivity index (χ1v) is 11.6. The van der Waals surface area contributed by atoms with Crippen LogP contribution >= 0.6 is 24.0 Å². The second kappa shape index (κ2) is 14.2. The van der Waals surface area contributed by atoms with E-state index in [1.165, 1.54) is 11.1 Å². The number of aryl methyl sites for hydroxylation is 1. The molecule has 3 N–H and O–H groups in total. The van der Waals surface area contributed by atoms with E-state index in [4.69, 9.17) is 4.74 Å². The number of amides is 1. The lowest BCUT2D eigenvalue weighted by atomic mass is 9.89. The molecule has 0 radical (unpaired) electrons. The van der Waals surface area contributed by atoms with Gasteiger partial charge in [0.2, 0.25) is 5.91 Å². The minimum atomic E-state index is 0. The summed E-state index contributed by atoms with van der Waals surface area (Å²) in [5.74, 6) is 1.23. The van der Waals surface area contributed by atoms with Crippen molar-refractivity contribution in [1.82, 2.24) is 10.6 Å². The van der Waals surface area contributed by atoms with Crippen LogP contribution in [-0.4, -0.2) is 32.1 Å². The smallest absolute Gasteiger partial charge is 0.224 e. The first kappa shape index (κ1) is 27.1. The number of hydrogen-bond acceptors (Lipinski definition) is 3. The van der Waals surface area contributed by atoms with Crippen molar-refractivity contribution in [3.8, 4) is 0 Å². The molecule has 2 aromatic carbocycles. The lowest BCUT2D eigenvalue weighted by Crippen LogP contribution is -2.41. The maximum atomic E-state index is 11.7. The second-order valence-corrected chi connectivity index (χ2v) is 8.41. The molecule has 6 nitrogen and oxygen atoms in total. The normalized spacial score (nSPS) is 18.2. The monoisotopic (exact) mass is 564 g/mol. The largest absolute Gasteiger partial charge is 0.373 e. The van der Waals surface area contributed by atoms with Gasteiger partial charge >= 0.3 is 0 Å². The topological polar surface area (TPSA) is 74.8 Å². The van der Waals surface area contributed by atoms with Crippen LogP contribution in [0.25, 0.3) is 0 Å². The number of guanidine groups is 1. The van der Waals surface area contributed by atoms with E-state index >= 15 is 0 Å². The number of rotatable bonds is 8. The molecule has 1 aliphatic heterocycles. The van der Waals surface area contributed by atoms with E-state index in [1.807, 2.05) is 31.2 Å². The average molecular weight is 565 g/mol. The predicted molar refractivity (Wildman–Crippen MR) is 146 cm³/mol. The highest BCUT2D eigenvalue weighted by Crippen LogP contribution is 2.33. The van der Waals surface area contributed by atoms with Crippen molar-refractivity contribution in [1.29, 1.82) is 0 Å². The molecule has 0 aromatic heterocycles. The maximum Gasteiger partial charge on any atom is 0.224 e. The highest BCUT2D eigenvalue weighted by Gasteiger charge is 2.27. The molecule has 3 rings (SSSR count).